The van der Waals surface area contributed by atoms with E-state index in [-0.39, 0.29) is 6.04 Å². The second-order valence-electron chi connectivity index (χ2n) is 5.49. The monoisotopic (exact) mass is 322 g/mol. The molecule has 22 heavy (non-hydrogen) atoms. The van der Waals surface area contributed by atoms with Crippen LogP contribution in [0.4, 0.5) is 0 Å². The number of ether oxygens (including phenoxy) is 2. The number of hydrogen-bond donors (Lipinski definition) is 0. The number of aryl methyl sites for hydroxylation is 1. The SMILES string of the molecule is CCO[C@@H]1OC(=O)[C@@]2([S@@](=O)c3ccc(C)cc3)N=N[C@H](C)[C@H]12. The molecule has 1 aromatic rings. The van der Waals surface area contributed by atoms with Gasteiger partial charge in [0.15, 0.2) is 0 Å². The van der Waals surface area contributed by atoms with Gasteiger partial charge in [-0.1, -0.05) is 17.7 Å². The zero-order valence-corrected chi connectivity index (χ0v) is 13.5. The van der Waals surface area contributed by atoms with Gasteiger partial charge in [-0.3, -0.25) is 4.21 Å². The number of carbonyl (C=O) groups is 1. The van der Waals surface area contributed by atoms with E-state index >= 15 is 0 Å². The molecule has 6 nitrogen and oxygen atoms in total. The molecule has 0 bridgehead atoms. The first kappa shape index (κ1) is 15.3. The lowest BCUT2D eigenvalue weighted by Crippen LogP contribution is -2.45. The standard InChI is InChI=1S/C15H18N2O4S/c1-4-20-13-12-10(3)16-17-15(12,14(18)21-13)22(19)11-7-5-9(2)6-8-11/h5-8,10,12-13H,4H2,1-3H3/t10-,12-,13-,15-,22+/m1/s1. The Kier molecular flexibility index (Phi) is 3.86. The molecule has 0 amide bonds. The van der Waals surface area contributed by atoms with Crippen LogP contribution in [0.15, 0.2) is 39.4 Å². The Morgan fingerprint density at radius 2 is 2.05 bits per heavy atom. The second kappa shape index (κ2) is 5.55. The van der Waals surface area contributed by atoms with E-state index in [0.717, 1.165) is 5.56 Å². The largest absolute Gasteiger partial charge is 0.433 e. The number of nitrogens with zero attached hydrogens (tertiary/aromatic N) is 2. The van der Waals surface area contributed by atoms with E-state index in [1.807, 2.05) is 32.9 Å². The van der Waals surface area contributed by atoms with Gasteiger partial charge in [0.1, 0.15) is 0 Å². The van der Waals surface area contributed by atoms with Crippen molar-refractivity contribution >= 4 is 16.8 Å². The molecular formula is C15H18N2O4S. The minimum atomic E-state index is -1.68. The first-order valence-electron chi connectivity index (χ1n) is 7.24. The highest BCUT2D eigenvalue weighted by Gasteiger charge is 2.68. The highest BCUT2D eigenvalue weighted by atomic mass is 32.2. The van der Waals surface area contributed by atoms with Crippen molar-refractivity contribution in [2.75, 3.05) is 6.61 Å². The highest BCUT2D eigenvalue weighted by Crippen LogP contribution is 2.47. The summed E-state index contributed by atoms with van der Waals surface area (Å²) in [5.74, 6) is -1.09. The highest BCUT2D eigenvalue weighted by molar-refractivity contribution is 7.87. The van der Waals surface area contributed by atoms with E-state index in [2.05, 4.69) is 10.2 Å². The van der Waals surface area contributed by atoms with Crippen LogP contribution in [0.2, 0.25) is 0 Å². The van der Waals surface area contributed by atoms with Crippen LogP contribution in [0.25, 0.3) is 0 Å². The normalized spacial score (nSPS) is 34.5. The molecule has 5 atom stereocenters. The van der Waals surface area contributed by atoms with Crippen molar-refractivity contribution in [3.63, 3.8) is 0 Å². The van der Waals surface area contributed by atoms with Crippen LogP contribution < -0.4 is 0 Å². The molecule has 2 aliphatic heterocycles. The Morgan fingerprint density at radius 3 is 2.68 bits per heavy atom. The maximum atomic E-state index is 13.1. The number of rotatable bonds is 4. The average Bonchev–Trinajstić information content (AvgIpc) is 2.98. The van der Waals surface area contributed by atoms with E-state index in [4.69, 9.17) is 9.47 Å². The summed E-state index contributed by atoms with van der Waals surface area (Å²) in [7, 11) is -1.68. The van der Waals surface area contributed by atoms with Crippen LogP contribution in [0.3, 0.4) is 0 Å². The Labute approximate surface area is 131 Å². The molecule has 2 aliphatic rings. The number of benzene rings is 1. The minimum Gasteiger partial charge on any atom is -0.433 e. The number of azo groups is 1. The lowest BCUT2D eigenvalue weighted by Gasteiger charge is -2.23. The first-order valence-corrected chi connectivity index (χ1v) is 8.39. The fraction of sp³-hybridized carbons (Fsp3) is 0.533. The van der Waals surface area contributed by atoms with Crippen LogP contribution in [-0.4, -0.2) is 34.0 Å². The van der Waals surface area contributed by atoms with Crippen LogP contribution in [0.1, 0.15) is 19.4 Å². The van der Waals surface area contributed by atoms with E-state index in [1.54, 1.807) is 12.1 Å². The van der Waals surface area contributed by atoms with Crippen molar-refractivity contribution in [3.05, 3.63) is 29.8 Å². The summed E-state index contributed by atoms with van der Waals surface area (Å²) >= 11 is 0. The van der Waals surface area contributed by atoms with Crippen LogP contribution in [0, 0.1) is 12.8 Å². The predicted molar refractivity (Wildman–Crippen MR) is 79.6 cm³/mol. The van der Waals surface area contributed by atoms with Crippen LogP contribution in [-0.2, 0) is 25.1 Å². The van der Waals surface area contributed by atoms with Crippen LogP contribution in [0.5, 0.6) is 0 Å². The third kappa shape index (κ3) is 2.11. The fourth-order valence-corrected chi connectivity index (χ4v) is 4.49. The molecule has 0 unspecified atom stereocenters. The van der Waals surface area contributed by atoms with Crippen molar-refractivity contribution in [2.45, 2.75) is 42.9 Å². The Morgan fingerprint density at radius 1 is 1.36 bits per heavy atom. The summed E-state index contributed by atoms with van der Waals surface area (Å²) in [6.07, 6.45) is -0.753. The molecule has 0 radical (unpaired) electrons. The van der Waals surface area contributed by atoms with Gasteiger partial charge in [0.05, 0.1) is 22.8 Å². The maximum absolute atomic E-state index is 13.1. The van der Waals surface area contributed by atoms with E-state index in [0.29, 0.717) is 11.5 Å². The number of carbonyl (C=O) groups excluding carboxylic acids is 1. The predicted octanol–water partition coefficient (Wildman–Crippen LogP) is 2.19. The second-order valence-corrected chi connectivity index (χ2v) is 7.12. The lowest BCUT2D eigenvalue weighted by molar-refractivity contribution is -0.167. The molecule has 0 aromatic heterocycles. The molecule has 1 aromatic carbocycles. The zero-order valence-electron chi connectivity index (χ0n) is 12.7. The van der Waals surface area contributed by atoms with Gasteiger partial charge in [-0.05, 0) is 32.9 Å². The summed E-state index contributed by atoms with van der Waals surface area (Å²) in [5, 5.41) is 8.18. The van der Waals surface area contributed by atoms with Crippen molar-refractivity contribution < 1.29 is 18.5 Å². The quantitative estimate of drug-likeness (QED) is 0.796. The lowest BCUT2D eigenvalue weighted by atomic mass is 9.96. The zero-order chi connectivity index (χ0) is 15.9. The van der Waals surface area contributed by atoms with Gasteiger partial charge < -0.3 is 9.47 Å². The van der Waals surface area contributed by atoms with Crippen molar-refractivity contribution in [1.82, 2.24) is 0 Å². The van der Waals surface area contributed by atoms with Crippen LogP contribution >= 0.6 is 0 Å². The molecule has 7 heteroatoms. The minimum absolute atomic E-state index is 0.280. The maximum Gasteiger partial charge on any atom is 0.352 e. The first-order chi connectivity index (χ1) is 10.5. The summed E-state index contributed by atoms with van der Waals surface area (Å²) in [6, 6.07) is 6.93. The number of fused-ring (bicyclic) bond motifs is 1. The number of cyclic esters (lactones) is 1. The summed E-state index contributed by atoms with van der Waals surface area (Å²) in [5.41, 5.74) is 1.05. The molecule has 0 N–H and O–H groups in total. The molecule has 1 fully saturated rings. The third-order valence-electron chi connectivity index (χ3n) is 4.02. The Balaban J connectivity index is 2.02. The summed E-state index contributed by atoms with van der Waals surface area (Å²) < 4.78 is 23.9. The molecule has 3 rings (SSSR count). The molecule has 1 saturated heterocycles. The van der Waals surface area contributed by atoms with Gasteiger partial charge in [-0.15, -0.1) is 0 Å². The molecule has 118 valence electrons. The topological polar surface area (TPSA) is 77.3 Å². The summed E-state index contributed by atoms with van der Waals surface area (Å²) in [4.78, 5) is 11.5. The van der Waals surface area contributed by atoms with Gasteiger partial charge in [0, 0.05) is 11.5 Å². The average molecular weight is 322 g/mol. The third-order valence-corrected chi connectivity index (χ3v) is 5.80. The van der Waals surface area contributed by atoms with E-state index < -0.39 is 33.8 Å². The number of hydrogen-bond acceptors (Lipinski definition) is 6. The van der Waals surface area contributed by atoms with Gasteiger partial charge in [0.2, 0.25) is 6.29 Å². The molecule has 2 heterocycles. The molecule has 0 spiro atoms. The van der Waals surface area contributed by atoms with Gasteiger partial charge in [0.25, 0.3) is 4.87 Å². The van der Waals surface area contributed by atoms with Crippen molar-refractivity contribution in [2.24, 2.45) is 16.1 Å². The van der Waals surface area contributed by atoms with Gasteiger partial charge in [-0.25, -0.2) is 4.79 Å². The summed E-state index contributed by atoms with van der Waals surface area (Å²) in [6.45, 7) is 5.99. The van der Waals surface area contributed by atoms with Crippen molar-refractivity contribution in [1.29, 1.82) is 0 Å². The van der Waals surface area contributed by atoms with E-state index in [9.17, 15) is 9.00 Å². The molecular weight excluding hydrogens is 304 g/mol. The Hall–Kier alpha value is -1.60. The van der Waals surface area contributed by atoms with Gasteiger partial charge >= 0.3 is 5.97 Å². The fourth-order valence-electron chi connectivity index (χ4n) is 2.87. The van der Waals surface area contributed by atoms with E-state index in [1.165, 1.54) is 0 Å². The molecule has 0 saturated carbocycles. The Bertz CT molecular complexity index is 645. The van der Waals surface area contributed by atoms with Crippen molar-refractivity contribution in [3.8, 4) is 0 Å². The smallest absolute Gasteiger partial charge is 0.352 e. The number of esters is 1. The molecule has 0 aliphatic carbocycles. The van der Waals surface area contributed by atoms with Gasteiger partial charge in [-0.2, -0.15) is 10.2 Å².